The minimum Gasteiger partial charge on any atom is -0.466 e. The van der Waals surface area contributed by atoms with Gasteiger partial charge in [0.05, 0.1) is 38.7 Å². The second-order valence-corrected chi connectivity index (χ2v) is 14.4. The highest BCUT2D eigenvalue weighted by molar-refractivity contribution is 5.88. The molecule has 5 aliphatic rings. The molecule has 9 nitrogen and oxygen atoms in total. The minimum absolute atomic E-state index is 0.137. The van der Waals surface area contributed by atoms with E-state index in [0.717, 1.165) is 63.5 Å². The van der Waals surface area contributed by atoms with Crippen LogP contribution < -0.4 is 5.32 Å². The number of benzene rings is 1. The zero-order valence-electron chi connectivity index (χ0n) is 28.0. The van der Waals surface area contributed by atoms with Crippen molar-refractivity contribution < 1.29 is 9.53 Å². The van der Waals surface area contributed by atoms with Crippen molar-refractivity contribution in [2.75, 3.05) is 72.1 Å². The highest BCUT2D eigenvalue weighted by atomic mass is 16.5. The second-order valence-electron chi connectivity index (χ2n) is 14.4. The van der Waals surface area contributed by atoms with Gasteiger partial charge in [0.1, 0.15) is 11.7 Å². The molecule has 1 unspecified atom stereocenters. The van der Waals surface area contributed by atoms with E-state index in [1.165, 1.54) is 88.7 Å². The Hall–Kier alpha value is -2.49. The summed E-state index contributed by atoms with van der Waals surface area (Å²) in [6.45, 7) is 16.3. The number of amidine groups is 2. The third-order valence-corrected chi connectivity index (χ3v) is 10.9. The van der Waals surface area contributed by atoms with Crippen molar-refractivity contribution in [3.63, 3.8) is 0 Å². The maximum absolute atomic E-state index is 12.0. The number of esters is 1. The Morgan fingerprint density at radius 3 is 2.51 bits per heavy atom. The van der Waals surface area contributed by atoms with Gasteiger partial charge in [0, 0.05) is 45.3 Å². The number of hydrogen-bond acceptors (Lipinski definition) is 9. The molecule has 6 rings (SSSR count). The predicted octanol–water partition coefficient (Wildman–Crippen LogP) is 4.17. The molecule has 4 aliphatic heterocycles. The standard InChI is InChI=1S/C36H57N7O2/c1-3-45-35(44)13-19-43-23-29(2)39-34(43)27-41(26-33-37-17-18-38-33)25-31-11-9-30(10-12-31)24-40-20-14-36(28-40)15-21-42(22-16-36)32-7-5-4-6-8-32/h9-12,29,32H,3-8,13-28H2,1-2H3,(H,37,38). The fourth-order valence-corrected chi connectivity index (χ4v) is 8.40. The van der Waals surface area contributed by atoms with Gasteiger partial charge in [-0.25, -0.2) is 0 Å². The molecule has 248 valence electrons. The van der Waals surface area contributed by atoms with Crippen LogP contribution in [-0.2, 0) is 22.6 Å². The first-order valence-electron chi connectivity index (χ1n) is 18.0. The molecule has 3 fully saturated rings. The van der Waals surface area contributed by atoms with Gasteiger partial charge in [0.15, 0.2) is 0 Å². The number of ether oxygens (including phenoxy) is 1. The third kappa shape index (κ3) is 8.86. The monoisotopic (exact) mass is 619 g/mol. The Labute approximate surface area is 271 Å². The second kappa shape index (κ2) is 15.4. The molecule has 0 bridgehead atoms. The molecule has 2 saturated heterocycles. The van der Waals surface area contributed by atoms with Crippen molar-refractivity contribution in [3.8, 4) is 0 Å². The summed E-state index contributed by atoms with van der Waals surface area (Å²) in [7, 11) is 0. The zero-order chi connectivity index (χ0) is 31.1. The number of hydrogen-bond donors (Lipinski definition) is 1. The highest BCUT2D eigenvalue weighted by Crippen LogP contribution is 2.42. The summed E-state index contributed by atoms with van der Waals surface area (Å²) in [5, 5.41) is 3.45. The van der Waals surface area contributed by atoms with E-state index in [2.05, 4.69) is 61.1 Å². The van der Waals surface area contributed by atoms with E-state index < -0.39 is 0 Å². The SMILES string of the molecule is CCOC(=O)CCN1CC(C)N=C1CN(CC1=NCCN1)Cc1ccc(CN2CCC3(CCN(C4CCCCC4)CC3)C2)cc1. The molecule has 1 aromatic carbocycles. The van der Waals surface area contributed by atoms with E-state index >= 15 is 0 Å². The Morgan fingerprint density at radius 2 is 1.78 bits per heavy atom. The fourth-order valence-electron chi connectivity index (χ4n) is 8.40. The van der Waals surface area contributed by atoms with Crippen molar-refractivity contribution in [2.24, 2.45) is 15.4 Å². The van der Waals surface area contributed by atoms with Gasteiger partial charge in [-0.3, -0.25) is 24.6 Å². The number of likely N-dealkylation sites (tertiary alicyclic amines) is 2. The molecule has 1 spiro atoms. The molecule has 1 atom stereocenters. The van der Waals surface area contributed by atoms with E-state index in [9.17, 15) is 4.79 Å². The number of nitrogens with zero attached hydrogens (tertiary/aromatic N) is 6. The molecule has 1 saturated carbocycles. The zero-order valence-corrected chi connectivity index (χ0v) is 28.0. The molecule has 0 amide bonds. The van der Waals surface area contributed by atoms with Crippen molar-refractivity contribution in [2.45, 2.75) is 96.8 Å². The first-order valence-corrected chi connectivity index (χ1v) is 18.0. The summed E-state index contributed by atoms with van der Waals surface area (Å²) in [5.41, 5.74) is 3.28. The molecule has 1 aromatic rings. The molecule has 9 heteroatoms. The quantitative estimate of drug-likeness (QED) is 0.333. The van der Waals surface area contributed by atoms with Crippen LogP contribution in [0.25, 0.3) is 0 Å². The van der Waals surface area contributed by atoms with Gasteiger partial charge in [-0.1, -0.05) is 43.5 Å². The van der Waals surface area contributed by atoms with Gasteiger partial charge >= 0.3 is 5.97 Å². The molecule has 45 heavy (non-hydrogen) atoms. The number of nitrogens with one attached hydrogen (secondary N) is 1. The summed E-state index contributed by atoms with van der Waals surface area (Å²) in [6, 6.07) is 10.4. The predicted molar refractivity (Wildman–Crippen MR) is 182 cm³/mol. The largest absolute Gasteiger partial charge is 0.466 e. The molecular weight excluding hydrogens is 562 g/mol. The lowest BCUT2D eigenvalue weighted by molar-refractivity contribution is -0.143. The molecule has 1 N–H and O–H groups in total. The van der Waals surface area contributed by atoms with Crippen LogP contribution in [0.2, 0.25) is 0 Å². The van der Waals surface area contributed by atoms with E-state index in [-0.39, 0.29) is 12.0 Å². The number of carbonyl (C=O) groups is 1. The van der Waals surface area contributed by atoms with Crippen LogP contribution >= 0.6 is 0 Å². The summed E-state index contributed by atoms with van der Waals surface area (Å²) >= 11 is 0. The van der Waals surface area contributed by atoms with Gasteiger partial charge in [0.25, 0.3) is 0 Å². The molecule has 1 aliphatic carbocycles. The average Bonchev–Trinajstić information content (AvgIpc) is 3.79. The summed E-state index contributed by atoms with van der Waals surface area (Å²) in [5.74, 6) is 1.99. The molecule has 0 radical (unpaired) electrons. The smallest absolute Gasteiger partial charge is 0.307 e. The van der Waals surface area contributed by atoms with Crippen molar-refractivity contribution in [3.05, 3.63) is 35.4 Å². The van der Waals surface area contributed by atoms with Crippen molar-refractivity contribution in [1.82, 2.24) is 24.9 Å². The molecular formula is C36H57N7O2. The number of carbonyl (C=O) groups excluding carboxylic acids is 1. The van der Waals surface area contributed by atoms with Crippen LogP contribution in [0.4, 0.5) is 0 Å². The van der Waals surface area contributed by atoms with Crippen LogP contribution in [-0.4, -0.2) is 121 Å². The Kier molecular flexibility index (Phi) is 11.1. The normalized spacial score (nSPS) is 24.3. The van der Waals surface area contributed by atoms with E-state index in [1.807, 2.05) is 6.92 Å². The minimum atomic E-state index is -0.137. The number of rotatable bonds is 13. The van der Waals surface area contributed by atoms with Crippen LogP contribution in [0.5, 0.6) is 0 Å². The summed E-state index contributed by atoms with van der Waals surface area (Å²) in [6.07, 6.45) is 11.7. The Morgan fingerprint density at radius 1 is 1.02 bits per heavy atom. The average molecular weight is 620 g/mol. The van der Waals surface area contributed by atoms with Gasteiger partial charge in [-0.05, 0) is 82.1 Å². The lowest BCUT2D eigenvalue weighted by Crippen LogP contribution is -2.46. The summed E-state index contributed by atoms with van der Waals surface area (Å²) in [4.78, 5) is 31.9. The highest BCUT2D eigenvalue weighted by Gasteiger charge is 2.41. The number of piperidine rings is 1. The Bertz CT molecular complexity index is 1170. The Balaban J connectivity index is 1.01. The van der Waals surface area contributed by atoms with E-state index in [1.54, 1.807) is 0 Å². The fraction of sp³-hybridized carbons (Fsp3) is 0.750. The van der Waals surface area contributed by atoms with Gasteiger partial charge < -0.3 is 19.9 Å². The maximum Gasteiger partial charge on any atom is 0.307 e. The maximum atomic E-state index is 12.0. The third-order valence-electron chi connectivity index (χ3n) is 10.9. The van der Waals surface area contributed by atoms with Crippen molar-refractivity contribution in [1.29, 1.82) is 0 Å². The molecule has 0 aromatic heterocycles. The van der Waals surface area contributed by atoms with Crippen molar-refractivity contribution >= 4 is 17.6 Å². The summed E-state index contributed by atoms with van der Waals surface area (Å²) < 4.78 is 5.17. The molecule has 4 heterocycles. The van der Waals surface area contributed by atoms with Gasteiger partial charge in [-0.2, -0.15) is 0 Å². The van der Waals surface area contributed by atoms with E-state index in [4.69, 9.17) is 9.73 Å². The lowest BCUT2D eigenvalue weighted by atomic mass is 9.77. The first-order chi connectivity index (χ1) is 22.0. The lowest BCUT2D eigenvalue weighted by Gasteiger charge is -2.43. The van der Waals surface area contributed by atoms with E-state index in [0.29, 0.717) is 25.0 Å². The number of aliphatic imine (C=N–C) groups is 2. The topological polar surface area (TPSA) is 76.0 Å². The van der Waals surface area contributed by atoms with Crippen LogP contribution in [0.1, 0.15) is 82.8 Å². The van der Waals surface area contributed by atoms with Crippen LogP contribution in [0.15, 0.2) is 34.3 Å². The van der Waals surface area contributed by atoms with Crippen LogP contribution in [0, 0.1) is 5.41 Å². The van der Waals surface area contributed by atoms with Gasteiger partial charge in [-0.15, -0.1) is 0 Å². The van der Waals surface area contributed by atoms with Crippen LogP contribution in [0.3, 0.4) is 0 Å². The first kappa shape index (κ1) is 32.5. The van der Waals surface area contributed by atoms with Gasteiger partial charge in [0.2, 0.25) is 0 Å².